The quantitative estimate of drug-likeness (QED) is 0.761. The number of carboxylic acid groups (broad SMARTS) is 1. The number of carbonyl (C=O) groups excluding carboxylic acids is 1. The summed E-state index contributed by atoms with van der Waals surface area (Å²) < 4.78 is 2.52. The summed E-state index contributed by atoms with van der Waals surface area (Å²) in [6.45, 7) is 5.89. The molecule has 116 valence electrons. The lowest BCUT2D eigenvalue weighted by molar-refractivity contribution is -0.154. The second kappa shape index (κ2) is 5.79. The Morgan fingerprint density at radius 1 is 1.52 bits per heavy atom. The molecule has 1 aromatic heterocycles. The number of nitrogens with zero attached hydrogens (tertiary/aromatic N) is 2. The average Bonchev–Trinajstić information content (AvgIpc) is 3.20. The molecular formula is C14H20BrN3O3. The average molecular weight is 358 g/mol. The Balaban J connectivity index is 2.31. The molecule has 1 unspecified atom stereocenters. The molecule has 0 aliphatic heterocycles. The third kappa shape index (κ3) is 3.12. The summed E-state index contributed by atoms with van der Waals surface area (Å²) in [5.41, 5.74) is 0.0397. The van der Waals surface area contributed by atoms with E-state index in [0.29, 0.717) is 6.54 Å². The zero-order valence-electron chi connectivity index (χ0n) is 12.4. The van der Waals surface area contributed by atoms with Crippen LogP contribution in [-0.4, -0.2) is 32.8 Å². The number of amides is 1. The van der Waals surface area contributed by atoms with Gasteiger partial charge in [0.1, 0.15) is 5.41 Å². The summed E-state index contributed by atoms with van der Waals surface area (Å²) in [6, 6.07) is 0.137. The zero-order chi connectivity index (χ0) is 15.8. The first-order valence-electron chi connectivity index (χ1n) is 7.05. The third-order valence-electron chi connectivity index (χ3n) is 3.86. The Morgan fingerprint density at radius 3 is 2.62 bits per heavy atom. The summed E-state index contributed by atoms with van der Waals surface area (Å²) in [7, 11) is 0. The van der Waals surface area contributed by atoms with Gasteiger partial charge >= 0.3 is 5.97 Å². The first-order valence-corrected chi connectivity index (χ1v) is 7.85. The number of hydrogen-bond acceptors (Lipinski definition) is 3. The lowest BCUT2D eigenvalue weighted by atomic mass is 9.84. The Bertz CT molecular complexity index is 580. The molecule has 6 nitrogen and oxygen atoms in total. The first kappa shape index (κ1) is 16.0. The normalized spacial score (nSPS) is 17.3. The van der Waals surface area contributed by atoms with Crippen molar-refractivity contribution in [3.05, 3.63) is 15.9 Å². The minimum Gasteiger partial charge on any atom is -0.480 e. The molecule has 1 saturated carbocycles. The fraction of sp³-hybridized carbons (Fsp3) is 0.643. The van der Waals surface area contributed by atoms with Crippen molar-refractivity contribution in [2.24, 2.45) is 5.41 Å². The van der Waals surface area contributed by atoms with Gasteiger partial charge in [0.05, 0.1) is 15.9 Å². The molecule has 0 radical (unpaired) electrons. The van der Waals surface area contributed by atoms with Crippen LogP contribution < -0.4 is 5.32 Å². The maximum atomic E-state index is 12.3. The first-order chi connectivity index (χ1) is 9.79. The summed E-state index contributed by atoms with van der Waals surface area (Å²) in [6.07, 6.45) is 1.96. The van der Waals surface area contributed by atoms with Gasteiger partial charge in [0.2, 0.25) is 5.91 Å². The Hall–Kier alpha value is -1.37. The molecule has 1 aromatic rings. The molecule has 1 aliphatic carbocycles. The summed E-state index contributed by atoms with van der Waals surface area (Å²) in [4.78, 5) is 24.0. The van der Waals surface area contributed by atoms with E-state index in [1.165, 1.54) is 6.92 Å². The highest BCUT2D eigenvalue weighted by molar-refractivity contribution is 9.10. The van der Waals surface area contributed by atoms with Gasteiger partial charge in [0, 0.05) is 19.0 Å². The van der Waals surface area contributed by atoms with Crippen LogP contribution in [0, 0.1) is 12.3 Å². The van der Waals surface area contributed by atoms with Gasteiger partial charge in [-0.15, -0.1) is 0 Å². The molecule has 1 aliphatic rings. The molecule has 1 fully saturated rings. The van der Waals surface area contributed by atoms with E-state index in [9.17, 15) is 14.7 Å². The van der Waals surface area contributed by atoms with E-state index in [4.69, 9.17) is 0 Å². The molecule has 21 heavy (non-hydrogen) atoms. The molecule has 1 atom stereocenters. The largest absolute Gasteiger partial charge is 0.480 e. The van der Waals surface area contributed by atoms with Gasteiger partial charge in [0.15, 0.2) is 0 Å². The van der Waals surface area contributed by atoms with Crippen molar-refractivity contribution in [3.8, 4) is 0 Å². The van der Waals surface area contributed by atoms with Crippen molar-refractivity contribution >= 4 is 27.8 Å². The van der Waals surface area contributed by atoms with E-state index in [0.717, 1.165) is 28.7 Å². The highest BCUT2D eigenvalue weighted by Gasteiger charge is 2.44. The van der Waals surface area contributed by atoms with Crippen LogP contribution in [-0.2, 0) is 22.6 Å². The highest BCUT2D eigenvalue weighted by atomic mass is 79.9. The predicted molar refractivity (Wildman–Crippen MR) is 80.9 cm³/mol. The van der Waals surface area contributed by atoms with Crippen molar-refractivity contribution in [2.75, 3.05) is 0 Å². The van der Waals surface area contributed by atoms with E-state index < -0.39 is 17.3 Å². The van der Waals surface area contributed by atoms with Crippen LogP contribution in [0.5, 0.6) is 0 Å². The molecule has 0 saturated heterocycles. The van der Waals surface area contributed by atoms with E-state index in [-0.39, 0.29) is 12.5 Å². The van der Waals surface area contributed by atoms with Crippen molar-refractivity contribution in [3.63, 3.8) is 0 Å². The highest BCUT2D eigenvalue weighted by Crippen LogP contribution is 2.31. The number of aromatic nitrogens is 2. The fourth-order valence-corrected chi connectivity index (χ4v) is 2.62. The van der Waals surface area contributed by atoms with Gasteiger partial charge in [0.25, 0.3) is 0 Å². The summed E-state index contributed by atoms with van der Waals surface area (Å²) in [5, 5.41) is 16.7. The van der Waals surface area contributed by atoms with Crippen molar-refractivity contribution in [2.45, 2.75) is 52.6 Å². The minimum absolute atomic E-state index is 0.107. The lowest BCUT2D eigenvalue weighted by Gasteiger charge is -2.24. The lowest BCUT2D eigenvalue weighted by Crippen LogP contribution is -2.47. The molecular weight excluding hydrogens is 338 g/mol. The van der Waals surface area contributed by atoms with Gasteiger partial charge in [-0.25, -0.2) is 0 Å². The van der Waals surface area contributed by atoms with Crippen LogP contribution in [0.4, 0.5) is 0 Å². The number of carbonyl (C=O) groups is 2. The SMILES string of the molecule is CCn1nc(C)c(Br)c1CC(C)(C(=O)O)C(=O)NC1CC1. The molecule has 2 N–H and O–H groups in total. The Labute approximate surface area is 132 Å². The number of hydrogen-bond donors (Lipinski definition) is 2. The molecule has 0 bridgehead atoms. The molecule has 2 rings (SSSR count). The van der Waals surface area contributed by atoms with Crippen molar-refractivity contribution in [1.29, 1.82) is 0 Å². The number of halogens is 1. The third-order valence-corrected chi connectivity index (χ3v) is 4.89. The Morgan fingerprint density at radius 2 is 2.14 bits per heavy atom. The fourth-order valence-electron chi connectivity index (χ4n) is 2.20. The minimum atomic E-state index is -1.50. The van der Waals surface area contributed by atoms with Crippen LogP contribution in [0.2, 0.25) is 0 Å². The molecule has 7 heteroatoms. The van der Waals surface area contributed by atoms with Crippen LogP contribution in [0.3, 0.4) is 0 Å². The zero-order valence-corrected chi connectivity index (χ0v) is 14.0. The smallest absolute Gasteiger partial charge is 0.319 e. The maximum Gasteiger partial charge on any atom is 0.319 e. The van der Waals surface area contributed by atoms with E-state index in [2.05, 4.69) is 26.3 Å². The number of rotatable bonds is 6. The van der Waals surface area contributed by atoms with Crippen molar-refractivity contribution in [1.82, 2.24) is 15.1 Å². The number of aliphatic carboxylic acids is 1. The van der Waals surface area contributed by atoms with E-state index in [1.807, 2.05) is 13.8 Å². The number of aryl methyl sites for hydroxylation is 2. The van der Waals surface area contributed by atoms with Crippen molar-refractivity contribution < 1.29 is 14.7 Å². The monoisotopic (exact) mass is 357 g/mol. The standard InChI is InChI=1S/C14H20BrN3O3/c1-4-18-10(11(15)8(2)17-18)7-14(3,13(20)21)12(19)16-9-5-6-9/h9H,4-7H2,1-3H3,(H,16,19)(H,20,21). The van der Waals surface area contributed by atoms with Gasteiger partial charge in [-0.05, 0) is 49.5 Å². The predicted octanol–water partition coefficient (Wildman–Crippen LogP) is 1.89. The molecule has 1 amide bonds. The van der Waals surface area contributed by atoms with E-state index >= 15 is 0 Å². The Kier molecular flexibility index (Phi) is 4.41. The van der Waals surface area contributed by atoms with Gasteiger partial charge < -0.3 is 10.4 Å². The van der Waals surface area contributed by atoms with Gasteiger partial charge in [-0.3, -0.25) is 14.3 Å². The van der Waals surface area contributed by atoms with Crippen LogP contribution in [0.25, 0.3) is 0 Å². The summed E-state index contributed by atoms with van der Waals surface area (Å²) in [5.74, 6) is -1.54. The number of carboxylic acids is 1. The van der Waals surface area contributed by atoms with Crippen LogP contribution in [0.1, 0.15) is 38.1 Å². The second-order valence-electron chi connectivity index (χ2n) is 5.72. The van der Waals surface area contributed by atoms with Gasteiger partial charge in [-0.2, -0.15) is 5.10 Å². The molecule has 0 aromatic carbocycles. The molecule has 0 spiro atoms. The maximum absolute atomic E-state index is 12.3. The van der Waals surface area contributed by atoms with Crippen LogP contribution >= 0.6 is 15.9 Å². The molecule has 1 heterocycles. The number of nitrogens with one attached hydrogen (secondary N) is 1. The second-order valence-corrected chi connectivity index (χ2v) is 6.52. The van der Waals surface area contributed by atoms with Crippen LogP contribution in [0.15, 0.2) is 4.47 Å². The summed E-state index contributed by atoms with van der Waals surface area (Å²) >= 11 is 3.45. The van der Waals surface area contributed by atoms with E-state index in [1.54, 1.807) is 4.68 Å². The van der Waals surface area contributed by atoms with Gasteiger partial charge in [-0.1, -0.05) is 0 Å². The topological polar surface area (TPSA) is 84.2 Å².